The predicted octanol–water partition coefficient (Wildman–Crippen LogP) is 2.47. The van der Waals surface area contributed by atoms with Crippen molar-refractivity contribution < 1.29 is 13.2 Å². The Kier molecular flexibility index (Phi) is 4.37. The Morgan fingerprint density at radius 2 is 1.71 bits per heavy atom. The number of nitrogen functional groups attached to an aromatic ring is 2. The fraction of sp³-hybridized carbons (Fsp3) is 0.200. The third-order valence-electron chi connectivity index (χ3n) is 2.93. The van der Waals surface area contributed by atoms with Crippen LogP contribution in [0.25, 0.3) is 0 Å². The Morgan fingerprint density at radius 1 is 1.05 bits per heavy atom. The van der Waals surface area contributed by atoms with Crippen LogP contribution < -0.4 is 16.2 Å². The summed E-state index contributed by atoms with van der Waals surface area (Å²) in [5.74, 6) is 0.561. The number of nitrogens with two attached hydrogens (primary N) is 2. The zero-order valence-electron chi connectivity index (χ0n) is 11.7. The minimum Gasteiger partial charge on any atom is -0.494 e. The van der Waals surface area contributed by atoms with Gasteiger partial charge in [-0.15, -0.1) is 0 Å². The molecule has 0 radical (unpaired) electrons. The third kappa shape index (κ3) is 3.28. The number of sulfone groups is 1. The maximum atomic E-state index is 12.5. The maximum Gasteiger partial charge on any atom is 0.208 e. The lowest BCUT2D eigenvalue weighted by Gasteiger charge is -2.10. The summed E-state index contributed by atoms with van der Waals surface area (Å²) in [7, 11) is -3.66. The van der Waals surface area contributed by atoms with Gasteiger partial charge in [0.05, 0.1) is 22.1 Å². The first-order valence-electron chi connectivity index (χ1n) is 6.58. The van der Waals surface area contributed by atoms with Crippen LogP contribution in [-0.2, 0) is 9.84 Å². The van der Waals surface area contributed by atoms with Gasteiger partial charge in [0.25, 0.3) is 0 Å². The lowest BCUT2D eigenvalue weighted by molar-refractivity contribution is 0.317. The van der Waals surface area contributed by atoms with Crippen molar-refractivity contribution >= 4 is 21.2 Å². The molecule has 0 saturated heterocycles. The highest BCUT2D eigenvalue weighted by molar-refractivity contribution is 7.91. The van der Waals surface area contributed by atoms with E-state index in [2.05, 4.69) is 0 Å². The van der Waals surface area contributed by atoms with Gasteiger partial charge >= 0.3 is 0 Å². The van der Waals surface area contributed by atoms with Crippen molar-refractivity contribution in [3.63, 3.8) is 0 Å². The van der Waals surface area contributed by atoms with Crippen molar-refractivity contribution in [2.24, 2.45) is 0 Å². The van der Waals surface area contributed by atoms with Crippen molar-refractivity contribution in [1.29, 1.82) is 0 Å². The molecule has 0 saturated carbocycles. The molecule has 5 nitrogen and oxygen atoms in total. The molecule has 2 aromatic carbocycles. The lowest BCUT2D eigenvalue weighted by Crippen LogP contribution is -2.06. The minimum atomic E-state index is -3.66. The van der Waals surface area contributed by atoms with Gasteiger partial charge < -0.3 is 16.2 Å². The molecule has 6 heteroatoms. The largest absolute Gasteiger partial charge is 0.494 e. The van der Waals surface area contributed by atoms with E-state index >= 15 is 0 Å². The molecule has 2 aromatic rings. The van der Waals surface area contributed by atoms with E-state index in [4.69, 9.17) is 16.2 Å². The first-order chi connectivity index (χ1) is 9.95. The van der Waals surface area contributed by atoms with Gasteiger partial charge in [-0.2, -0.15) is 0 Å². The molecule has 0 aliphatic heterocycles. The second kappa shape index (κ2) is 6.05. The fourth-order valence-electron chi connectivity index (χ4n) is 1.85. The van der Waals surface area contributed by atoms with E-state index in [0.717, 1.165) is 6.42 Å². The summed E-state index contributed by atoms with van der Waals surface area (Å²) in [6.07, 6.45) is 0.866. The summed E-state index contributed by atoms with van der Waals surface area (Å²) in [6, 6.07) is 10.6. The van der Waals surface area contributed by atoms with E-state index in [9.17, 15) is 8.42 Å². The van der Waals surface area contributed by atoms with E-state index < -0.39 is 9.84 Å². The van der Waals surface area contributed by atoms with Crippen LogP contribution >= 0.6 is 0 Å². The Bertz CT molecular complexity index is 725. The van der Waals surface area contributed by atoms with Crippen LogP contribution in [0.3, 0.4) is 0 Å². The van der Waals surface area contributed by atoms with Gasteiger partial charge in [-0.05, 0) is 42.8 Å². The summed E-state index contributed by atoms with van der Waals surface area (Å²) in [6.45, 7) is 2.55. The molecule has 112 valence electrons. The van der Waals surface area contributed by atoms with E-state index in [1.54, 1.807) is 18.2 Å². The van der Waals surface area contributed by atoms with Crippen molar-refractivity contribution in [2.45, 2.75) is 23.1 Å². The molecule has 21 heavy (non-hydrogen) atoms. The van der Waals surface area contributed by atoms with E-state index in [0.29, 0.717) is 18.0 Å². The standard InChI is InChI=1S/C15H18N2O3S/c1-2-9-20-12-5-8-15(14(17)10-12)21(18,19)13-6-3-11(16)4-7-13/h3-8,10H,2,9,16-17H2,1H3. The highest BCUT2D eigenvalue weighted by Gasteiger charge is 2.20. The molecule has 4 N–H and O–H groups in total. The van der Waals surface area contributed by atoms with Crippen LogP contribution in [0, 0.1) is 0 Å². The average molecular weight is 306 g/mol. The van der Waals surface area contributed by atoms with Gasteiger partial charge in [-0.1, -0.05) is 6.92 Å². The molecule has 0 unspecified atom stereocenters. The van der Waals surface area contributed by atoms with Crippen molar-refractivity contribution in [2.75, 3.05) is 18.1 Å². The topological polar surface area (TPSA) is 95.4 Å². The maximum absolute atomic E-state index is 12.5. The number of hydrogen-bond acceptors (Lipinski definition) is 5. The summed E-state index contributed by atoms with van der Waals surface area (Å²) >= 11 is 0. The zero-order chi connectivity index (χ0) is 15.5. The molecule has 0 fully saturated rings. The number of ether oxygens (including phenoxy) is 1. The first kappa shape index (κ1) is 15.2. The van der Waals surface area contributed by atoms with Gasteiger partial charge in [0.15, 0.2) is 0 Å². The Morgan fingerprint density at radius 3 is 2.29 bits per heavy atom. The van der Waals surface area contributed by atoms with Gasteiger partial charge in [-0.3, -0.25) is 0 Å². The van der Waals surface area contributed by atoms with Crippen LogP contribution in [0.5, 0.6) is 5.75 Å². The molecule has 0 amide bonds. The highest BCUT2D eigenvalue weighted by atomic mass is 32.2. The monoisotopic (exact) mass is 306 g/mol. The van der Waals surface area contributed by atoms with Gasteiger partial charge in [0, 0.05) is 11.8 Å². The molecule has 0 aliphatic rings. The first-order valence-corrected chi connectivity index (χ1v) is 8.06. The van der Waals surface area contributed by atoms with E-state index in [1.807, 2.05) is 6.92 Å². The zero-order valence-corrected chi connectivity index (χ0v) is 12.6. The van der Waals surface area contributed by atoms with Gasteiger partial charge in [0.1, 0.15) is 5.75 Å². The summed E-state index contributed by atoms with van der Waals surface area (Å²) in [4.78, 5) is 0.224. The average Bonchev–Trinajstić information content (AvgIpc) is 2.45. The van der Waals surface area contributed by atoms with Crippen molar-refractivity contribution in [1.82, 2.24) is 0 Å². The number of rotatable bonds is 5. The van der Waals surface area contributed by atoms with E-state index in [-0.39, 0.29) is 15.5 Å². The number of benzene rings is 2. The van der Waals surface area contributed by atoms with Crippen molar-refractivity contribution in [3.05, 3.63) is 42.5 Å². The molecule has 2 rings (SSSR count). The smallest absolute Gasteiger partial charge is 0.208 e. The molecule has 0 bridgehead atoms. The second-order valence-electron chi connectivity index (χ2n) is 4.62. The normalized spacial score (nSPS) is 11.3. The molecular weight excluding hydrogens is 288 g/mol. The van der Waals surface area contributed by atoms with E-state index in [1.165, 1.54) is 24.3 Å². The van der Waals surface area contributed by atoms with Gasteiger partial charge in [-0.25, -0.2) is 8.42 Å². The van der Waals surface area contributed by atoms with Crippen LogP contribution in [0.4, 0.5) is 11.4 Å². The SMILES string of the molecule is CCCOc1ccc(S(=O)(=O)c2ccc(N)cc2)c(N)c1. The van der Waals surface area contributed by atoms with Crippen LogP contribution in [0.2, 0.25) is 0 Å². The van der Waals surface area contributed by atoms with Crippen molar-refractivity contribution in [3.8, 4) is 5.75 Å². The Balaban J connectivity index is 2.38. The predicted molar refractivity (Wildman–Crippen MR) is 82.9 cm³/mol. The van der Waals surface area contributed by atoms with Crippen LogP contribution in [0.1, 0.15) is 13.3 Å². The molecular formula is C15H18N2O3S. The molecule has 0 aromatic heterocycles. The molecule has 0 spiro atoms. The summed E-state index contributed by atoms with van der Waals surface area (Å²) < 4.78 is 30.5. The van der Waals surface area contributed by atoms with Gasteiger partial charge in [0.2, 0.25) is 9.84 Å². The van der Waals surface area contributed by atoms with Crippen LogP contribution in [0.15, 0.2) is 52.3 Å². The summed E-state index contributed by atoms with van der Waals surface area (Å²) in [5.41, 5.74) is 12.1. The molecule has 0 heterocycles. The third-order valence-corrected chi connectivity index (χ3v) is 4.78. The quantitative estimate of drug-likeness (QED) is 0.827. The minimum absolute atomic E-state index is 0.0659. The fourth-order valence-corrected chi connectivity index (χ4v) is 3.22. The second-order valence-corrected chi connectivity index (χ2v) is 6.54. The van der Waals surface area contributed by atoms with Crippen LogP contribution in [-0.4, -0.2) is 15.0 Å². The molecule has 0 atom stereocenters. The Hall–Kier alpha value is -2.21. The summed E-state index contributed by atoms with van der Waals surface area (Å²) in [5, 5.41) is 0. The number of hydrogen-bond donors (Lipinski definition) is 2. The highest BCUT2D eigenvalue weighted by Crippen LogP contribution is 2.29. The molecule has 0 aliphatic carbocycles. The lowest BCUT2D eigenvalue weighted by atomic mass is 10.3. The number of anilines is 2. The Labute approximate surface area is 124 Å².